The monoisotopic (exact) mass is 544 g/mol. The Kier molecular flexibility index (Phi) is 7.67. The highest BCUT2D eigenvalue weighted by molar-refractivity contribution is 7.89. The number of piperidine rings is 1. The van der Waals surface area contributed by atoms with Crippen molar-refractivity contribution >= 4 is 32.8 Å². The molecule has 0 aliphatic carbocycles. The van der Waals surface area contributed by atoms with Gasteiger partial charge in [0.1, 0.15) is 24.0 Å². The van der Waals surface area contributed by atoms with E-state index in [1.54, 1.807) is 18.2 Å². The van der Waals surface area contributed by atoms with Crippen LogP contribution in [0.5, 0.6) is 5.75 Å². The lowest BCUT2D eigenvalue weighted by molar-refractivity contribution is 0.101. The number of aliphatic hydroxyl groups excluding tert-OH is 1. The van der Waals surface area contributed by atoms with Gasteiger partial charge in [0.05, 0.1) is 22.9 Å². The maximum absolute atomic E-state index is 13.3. The second-order valence-corrected chi connectivity index (χ2v) is 11.4. The number of hydrogen-bond donors (Lipinski definition) is 4. The first-order chi connectivity index (χ1) is 17.9. The molecule has 0 spiro atoms. The molecule has 37 heavy (non-hydrogen) atoms. The first-order valence-electron chi connectivity index (χ1n) is 12.0. The van der Waals surface area contributed by atoms with E-state index in [-0.39, 0.29) is 23.4 Å². The van der Waals surface area contributed by atoms with Gasteiger partial charge in [0.2, 0.25) is 5.03 Å². The van der Waals surface area contributed by atoms with Crippen molar-refractivity contribution in [2.45, 2.75) is 36.4 Å². The summed E-state index contributed by atoms with van der Waals surface area (Å²) in [6.07, 6.45) is 0.868. The van der Waals surface area contributed by atoms with Gasteiger partial charge in [-0.25, -0.2) is 13.2 Å². The number of aromatic nitrogens is 4. The SMILES string of the molecule is O=c1[nH]c2cccc(OC[C@H](O)CNC3CCN(S(=O)(=O)c4nsnc4Cc4ccccc4)CC3)c2[nH]1. The molecule has 0 saturated carbocycles. The van der Waals surface area contributed by atoms with E-state index in [9.17, 15) is 18.3 Å². The predicted molar refractivity (Wildman–Crippen MR) is 139 cm³/mol. The minimum absolute atomic E-state index is 0.0409. The van der Waals surface area contributed by atoms with Crippen molar-refractivity contribution in [2.75, 3.05) is 26.2 Å². The Balaban J connectivity index is 1.11. The molecule has 1 aliphatic heterocycles. The summed E-state index contributed by atoms with van der Waals surface area (Å²) in [6.45, 7) is 1.07. The summed E-state index contributed by atoms with van der Waals surface area (Å²) >= 11 is 0.916. The molecule has 4 aromatic rings. The normalized spacial score (nSPS) is 16.2. The zero-order valence-electron chi connectivity index (χ0n) is 20.0. The van der Waals surface area contributed by atoms with Gasteiger partial charge in [-0.1, -0.05) is 36.4 Å². The van der Waals surface area contributed by atoms with E-state index in [4.69, 9.17) is 4.74 Å². The quantitative estimate of drug-likeness (QED) is 0.234. The molecule has 0 amide bonds. The van der Waals surface area contributed by atoms with E-state index in [0.717, 1.165) is 17.3 Å². The lowest BCUT2D eigenvalue weighted by atomic mass is 10.1. The minimum atomic E-state index is -3.73. The number of hydrogen-bond acceptors (Lipinski definition) is 9. The number of aliphatic hydroxyl groups is 1. The average Bonchev–Trinajstić information content (AvgIpc) is 3.53. The Bertz CT molecular complexity index is 1490. The van der Waals surface area contributed by atoms with Crippen LogP contribution in [0.3, 0.4) is 0 Å². The van der Waals surface area contributed by atoms with Crippen LogP contribution >= 0.6 is 11.7 Å². The Morgan fingerprint density at radius 2 is 1.89 bits per heavy atom. The number of fused-ring (bicyclic) bond motifs is 1. The van der Waals surface area contributed by atoms with Crippen LogP contribution in [0.2, 0.25) is 0 Å². The number of nitrogens with zero attached hydrogens (tertiary/aromatic N) is 3. The highest BCUT2D eigenvalue weighted by atomic mass is 32.2. The van der Waals surface area contributed by atoms with Crippen molar-refractivity contribution in [1.82, 2.24) is 28.3 Å². The van der Waals surface area contributed by atoms with Gasteiger partial charge >= 0.3 is 5.69 Å². The number of aromatic amines is 2. The van der Waals surface area contributed by atoms with Gasteiger partial charge in [-0.3, -0.25) is 0 Å². The van der Waals surface area contributed by atoms with Gasteiger partial charge < -0.3 is 25.1 Å². The molecular weight excluding hydrogens is 516 g/mol. The molecule has 2 aromatic heterocycles. The van der Waals surface area contributed by atoms with Crippen molar-refractivity contribution in [1.29, 1.82) is 0 Å². The van der Waals surface area contributed by atoms with E-state index >= 15 is 0 Å². The first kappa shape index (κ1) is 25.5. The Labute approximate surface area is 217 Å². The van der Waals surface area contributed by atoms with Gasteiger partial charge in [-0.2, -0.15) is 13.1 Å². The topological polar surface area (TPSA) is 153 Å². The van der Waals surface area contributed by atoms with Crippen LogP contribution in [0.25, 0.3) is 11.0 Å². The molecule has 4 N–H and O–H groups in total. The zero-order valence-corrected chi connectivity index (χ0v) is 21.6. The molecule has 13 heteroatoms. The Morgan fingerprint density at radius 1 is 1.11 bits per heavy atom. The number of imidazole rings is 1. The number of sulfonamides is 1. The smallest absolute Gasteiger partial charge is 0.323 e. The third-order valence-electron chi connectivity index (χ3n) is 6.36. The maximum Gasteiger partial charge on any atom is 0.323 e. The van der Waals surface area contributed by atoms with Gasteiger partial charge in [0.25, 0.3) is 10.0 Å². The number of nitrogens with one attached hydrogen (secondary N) is 3. The third-order valence-corrected chi connectivity index (χ3v) is 8.90. The summed E-state index contributed by atoms with van der Waals surface area (Å²) in [5, 5.41) is 13.7. The number of H-pyrrole nitrogens is 2. The summed E-state index contributed by atoms with van der Waals surface area (Å²) in [4.78, 5) is 16.9. The standard InChI is InChI=1S/C24H28N6O5S2/c31-18(15-35-21-8-4-7-19-22(21)27-24(32)26-19)14-25-17-9-11-30(12-10-17)37(33,34)23-20(28-36-29-23)13-16-5-2-1-3-6-16/h1-8,17-18,25,31H,9-15H2,(H2,26,27,32)/t18-/m1/s1. The summed E-state index contributed by atoms with van der Waals surface area (Å²) < 4.78 is 42.1. The molecule has 1 saturated heterocycles. The molecule has 0 unspecified atom stereocenters. The summed E-state index contributed by atoms with van der Waals surface area (Å²) in [6, 6.07) is 14.9. The van der Waals surface area contributed by atoms with Crippen molar-refractivity contribution in [3.8, 4) is 5.75 Å². The van der Waals surface area contributed by atoms with Crippen LogP contribution in [-0.2, 0) is 16.4 Å². The van der Waals surface area contributed by atoms with Crippen molar-refractivity contribution in [3.05, 3.63) is 70.3 Å². The number of rotatable bonds is 10. The highest BCUT2D eigenvalue weighted by Crippen LogP contribution is 2.24. The van der Waals surface area contributed by atoms with Crippen LogP contribution in [-0.4, -0.2) is 74.9 Å². The molecule has 1 atom stereocenters. The van der Waals surface area contributed by atoms with E-state index in [0.29, 0.717) is 61.4 Å². The zero-order chi connectivity index (χ0) is 25.8. The van der Waals surface area contributed by atoms with Gasteiger partial charge in [0, 0.05) is 32.1 Å². The van der Waals surface area contributed by atoms with E-state index in [1.165, 1.54) is 4.31 Å². The van der Waals surface area contributed by atoms with Gasteiger partial charge in [0.15, 0.2) is 0 Å². The van der Waals surface area contributed by atoms with Crippen LogP contribution < -0.4 is 15.7 Å². The molecule has 196 valence electrons. The molecular formula is C24H28N6O5S2. The molecule has 11 nitrogen and oxygen atoms in total. The predicted octanol–water partition coefficient (Wildman–Crippen LogP) is 1.48. The molecule has 0 bridgehead atoms. The highest BCUT2D eigenvalue weighted by Gasteiger charge is 2.33. The molecule has 2 aromatic carbocycles. The number of ether oxygens (including phenoxy) is 1. The number of para-hydroxylation sites is 1. The van der Waals surface area contributed by atoms with Crippen LogP contribution in [0.15, 0.2) is 58.4 Å². The Hall–Kier alpha value is -3.10. The van der Waals surface area contributed by atoms with E-state index in [2.05, 4.69) is 24.0 Å². The largest absolute Gasteiger partial charge is 0.489 e. The minimum Gasteiger partial charge on any atom is -0.489 e. The lowest BCUT2D eigenvalue weighted by Crippen LogP contribution is -2.47. The second kappa shape index (κ2) is 11.1. The average molecular weight is 545 g/mol. The summed E-state index contributed by atoms with van der Waals surface area (Å²) in [5.74, 6) is 0.483. The fourth-order valence-corrected chi connectivity index (χ4v) is 6.77. The first-order valence-corrected chi connectivity index (χ1v) is 14.2. The molecule has 3 heterocycles. The summed E-state index contributed by atoms with van der Waals surface area (Å²) in [7, 11) is -3.73. The van der Waals surface area contributed by atoms with Crippen LogP contribution in [0.1, 0.15) is 24.1 Å². The third kappa shape index (κ3) is 5.91. The molecule has 5 rings (SSSR count). The second-order valence-electron chi connectivity index (χ2n) is 8.99. The lowest BCUT2D eigenvalue weighted by Gasteiger charge is -2.31. The van der Waals surface area contributed by atoms with E-state index in [1.807, 2.05) is 30.3 Å². The fraction of sp³-hybridized carbons (Fsp3) is 0.375. The van der Waals surface area contributed by atoms with Crippen molar-refractivity contribution in [2.24, 2.45) is 0 Å². The number of benzene rings is 2. The molecule has 0 radical (unpaired) electrons. The van der Waals surface area contributed by atoms with Crippen molar-refractivity contribution in [3.63, 3.8) is 0 Å². The molecule has 1 fully saturated rings. The molecule has 1 aliphatic rings. The van der Waals surface area contributed by atoms with Crippen molar-refractivity contribution < 1.29 is 18.3 Å². The van der Waals surface area contributed by atoms with Gasteiger partial charge in [-0.15, -0.1) is 0 Å². The fourth-order valence-electron chi connectivity index (χ4n) is 4.41. The Morgan fingerprint density at radius 3 is 2.68 bits per heavy atom. The van der Waals surface area contributed by atoms with E-state index < -0.39 is 16.1 Å². The van der Waals surface area contributed by atoms with Crippen LogP contribution in [0, 0.1) is 0 Å². The maximum atomic E-state index is 13.3. The van der Waals surface area contributed by atoms with Crippen LogP contribution in [0.4, 0.5) is 0 Å². The van der Waals surface area contributed by atoms with Gasteiger partial charge in [-0.05, 0) is 30.5 Å². The summed E-state index contributed by atoms with van der Waals surface area (Å²) in [5.41, 5.74) is 2.33.